The predicted octanol–water partition coefficient (Wildman–Crippen LogP) is 2.10. The molecule has 0 saturated heterocycles. The number of esters is 1. The Hall–Kier alpha value is -1.91. The molecule has 0 aliphatic rings. The summed E-state index contributed by atoms with van der Waals surface area (Å²) in [5, 5.41) is 0. The predicted molar refractivity (Wildman–Crippen MR) is 69.1 cm³/mol. The molecular weight excluding hydrogens is 234 g/mol. The molecule has 0 heterocycles. The lowest BCUT2D eigenvalue weighted by Crippen LogP contribution is -2.13. The molecule has 0 fully saturated rings. The van der Waals surface area contributed by atoms with Gasteiger partial charge in [0.1, 0.15) is 11.5 Å². The number of carbonyl (C=O) groups excluding carboxylic acids is 1. The highest BCUT2D eigenvalue weighted by Crippen LogP contribution is 2.31. The van der Waals surface area contributed by atoms with E-state index >= 15 is 0 Å². The zero-order valence-electron chi connectivity index (χ0n) is 11.1. The van der Waals surface area contributed by atoms with Crippen molar-refractivity contribution in [3.8, 4) is 11.5 Å². The van der Waals surface area contributed by atoms with Gasteiger partial charge >= 0.3 is 5.97 Å². The molecule has 2 N–H and O–H groups in total. The second-order valence-corrected chi connectivity index (χ2v) is 4.28. The van der Waals surface area contributed by atoms with Crippen LogP contribution in [0.3, 0.4) is 0 Å². The summed E-state index contributed by atoms with van der Waals surface area (Å²) in [6.07, 6.45) is 0. The Labute approximate surface area is 107 Å². The van der Waals surface area contributed by atoms with Crippen molar-refractivity contribution in [2.24, 2.45) is 5.92 Å². The number of hydrogen-bond acceptors (Lipinski definition) is 5. The van der Waals surface area contributed by atoms with E-state index in [4.69, 9.17) is 19.9 Å². The van der Waals surface area contributed by atoms with E-state index in [1.807, 2.05) is 13.8 Å². The number of benzene rings is 1. The molecule has 0 saturated carbocycles. The lowest BCUT2D eigenvalue weighted by atomic mass is 10.1. The highest BCUT2D eigenvalue weighted by atomic mass is 16.5. The molecule has 0 unspecified atom stereocenters. The van der Waals surface area contributed by atoms with E-state index in [1.54, 1.807) is 12.1 Å². The Bertz CT molecular complexity index is 429. The van der Waals surface area contributed by atoms with Crippen molar-refractivity contribution in [2.45, 2.75) is 13.8 Å². The average molecular weight is 253 g/mol. The second kappa shape index (κ2) is 6.14. The minimum atomic E-state index is -0.474. The summed E-state index contributed by atoms with van der Waals surface area (Å²) in [5.74, 6) is 0.685. The number of anilines is 1. The zero-order chi connectivity index (χ0) is 13.7. The van der Waals surface area contributed by atoms with Gasteiger partial charge in [-0.2, -0.15) is 0 Å². The summed E-state index contributed by atoms with van der Waals surface area (Å²) >= 11 is 0. The van der Waals surface area contributed by atoms with Crippen molar-refractivity contribution in [1.29, 1.82) is 0 Å². The van der Waals surface area contributed by atoms with E-state index in [9.17, 15) is 4.79 Å². The zero-order valence-corrected chi connectivity index (χ0v) is 11.1. The fourth-order valence-corrected chi connectivity index (χ4v) is 1.38. The smallest absolute Gasteiger partial charge is 0.340 e. The van der Waals surface area contributed by atoms with Crippen molar-refractivity contribution in [3.63, 3.8) is 0 Å². The maximum atomic E-state index is 11.9. The summed E-state index contributed by atoms with van der Waals surface area (Å²) < 4.78 is 15.3. The lowest BCUT2D eigenvalue weighted by Gasteiger charge is -2.13. The van der Waals surface area contributed by atoms with Gasteiger partial charge in [-0.1, -0.05) is 13.8 Å². The van der Waals surface area contributed by atoms with Crippen molar-refractivity contribution < 1.29 is 19.0 Å². The molecular formula is C13H19NO4. The van der Waals surface area contributed by atoms with E-state index in [0.29, 0.717) is 18.1 Å². The van der Waals surface area contributed by atoms with Crippen molar-refractivity contribution >= 4 is 11.7 Å². The summed E-state index contributed by atoms with van der Waals surface area (Å²) in [7, 11) is 2.99. The minimum Gasteiger partial charge on any atom is -0.497 e. The van der Waals surface area contributed by atoms with Crippen LogP contribution in [0.15, 0.2) is 12.1 Å². The number of nitrogen functional groups attached to an aromatic ring is 1. The van der Waals surface area contributed by atoms with Crippen molar-refractivity contribution in [3.05, 3.63) is 17.7 Å². The summed E-state index contributed by atoms with van der Waals surface area (Å²) in [5.41, 5.74) is 6.36. The van der Waals surface area contributed by atoms with E-state index < -0.39 is 5.97 Å². The topological polar surface area (TPSA) is 70.8 Å². The first-order valence-corrected chi connectivity index (χ1v) is 5.68. The van der Waals surface area contributed by atoms with Gasteiger partial charge in [0.15, 0.2) is 0 Å². The van der Waals surface area contributed by atoms with Crippen LogP contribution >= 0.6 is 0 Å². The molecule has 18 heavy (non-hydrogen) atoms. The largest absolute Gasteiger partial charge is 0.497 e. The number of hydrogen-bond donors (Lipinski definition) is 1. The molecule has 1 aromatic carbocycles. The van der Waals surface area contributed by atoms with Gasteiger partial charge < -0.3 is 19.9 Å². The minimum absolute atomic E-state index is 0.256. The second-order valence-electron chi connectivity index (χ2n) is 4.28. The number of ether oxygens (including phenoxy) is 3. The number of methoxy groups -OCH3 is 2. The molecule has 0 spiro atoms. The van der Waals surface area contributed by atoms with Gasteiger partial charge in [0.2, 0.25) is 0 Å². The molecule has 0 radical (unpaired) electrons. The quantitative estimate of drug-likeness (QED) is 0.642. The first kappa shape index (κ1) is 14.2. The molecule has 0 aliphatic carbocycles. The first-order valence-electron chi connectivity index (χ1n) is 5.68. The Morgan fingerprint density at radius 1 is 1.28 bits per heavy atom. The number of nitrogens with two attached hydrogens (primary N) is 1. The van der Waals surface area contributed by atoms with Gasteiger partial charge in [0.25, 0.3) is 0 Å². The van der Waals surface area contributed by atoms with Crippen molar-refractivity contribution in [1.82, 2.24) is 0 Å². The Kier molecular flexibility index (Phi) is 4.83. The van der Waals surface area contributed by atoms with Crippen LogP contribution in [0.2, 0.25) is 0 Å². The van der Waals surface area contributed by atoms with E-state index in [2.05, 4.69) is 0 Å². The van der Waals surface area contributed by atoms with Gasteiger partial charge in [-0.25, -0.2) is 4.79 Å². The van der Waals surface area contributed by atoms with Crippen molar-refractivity contribution in [2.75, 3.05) is 26.6 Å². The van der Waals surface area contributed by atoms with Gasteiger partial charge in [-0.15, -0.1) is 0 Å². The van der Waals surface area contributed by atoms with E-state index in [0.717, 1.165) is 0 Å². The Morgan fingerprint density at radius 2 is 1.94 bits per heavy atom. The van der Waals surface area contributed by atoms with Crippen LogP contribution in [-0.4, -0.2) is 26.8 Å². The number of rotatable bonds is 5. The monoisotopic (exact) mass is 253 g/mol. The third-order valence-electron chi connectivity index (χ3n) is 2.34. The fourth-order valence-electron chi connectivity index (χ4n) is 1.38. The highest BCUT2D eigenvalue weighted by molar-refractivity contribution is 5.97. The number of carbonyl (C=O) groups is 1. The van der Waals surface area contributed by atoms with Crippen LogP contribution in [0.25, 0.3) is 0 Å². The molecule has 5 heteroatoms. The van der Waals surface area contributed by atoms with Crippen LogP contribution in [0, 0.1) is 5.92 Å². The average Bonchev–Trinajstić information content (AvgIpc) is 2.36. The maximum absolute atomic E-state index is 11.9. The molecule has 0 aromatic heterocycles. The molecule has 0 atom stereocenters. The van der Waals surface area contributed by atoms with E-state index in [1.165, 1.54) is 14.2 Å². The highest BCUT2D eigenvalue weighted by Gasteiger charge is 2.17. The Morgan fingerprint density at radius 3 is 2.44 bits per heavy atom. The third kappa shape index (κ3) is 3.29. The third-order valence-corrected chi connectivity index (χ3v) is 2.34. The molecule has 0 aliphatic heterocycles. The summed E-state index contributed by atoms with van der Waals surface area (Å²) in [6.45, 7) is 4.27. The molecule has 0 bridgehead atoms. The molecule has 1 rings (SSSR count). The fraction of sp³-hybridized carbons (Fsp3) is 0.462. The van der Waals surface area contributed by atoms with E-state index in [-0.39, 0.29) is 17.2 Å². The molecule has 5 nitrogen and oxygen atoms in total. The normalized spacial score (nSPS) is 10.3. The maximum Gasteiger partial charge on any atom is 0.340 e. The van der Waals surface area contributed by atoms with Crippen LogP contribution in [0.1, 0.15) is 24.2 Å². The molecule has 1 aromatic rings. The summed E-state index contributed by atoms with van der Waals surface area (Å²) in [4.78, 5) is 11.9. The van der Waals surface area contributed by atoms with Gasteiger partial charge in [0.05, 0.1) is 32.1 Å². The SMILES string of the molecule is COc1cc(OC)c(N)c(C(=O)OCC(C)C)c1. The standard InChI is InChI=1S/C13H19NO4/c1-8(2)7-18-13(15)10-5-9(16-3)6-11(17-4)12(10)14/h5-6,8H,7,14H2,1-4H3. The van der Waals surface area contributed by atoms with Gasteiger partial charge in [-0.3, -0.25) is 0 Å². The van der Waals surface area contributed by atoms with Crippen LogP contribution in [0.4, 0.5) is 5.69 Å². The molecule has 100 valence electrons. The lowest BCUT2D eigenvalue weighted by molar-refractivity contribution is 0.0459. The van der Waals surface area contributed by atoms with Gasteiger partial charge in [-0.05, 0) is 12.0 Å². The van der Waals surface area contributed by atoms with Crippen LogP contribution < -0.4 is 15.2 Å². The first-order chi connectivity index (χ1) is 8.49. The molecule has 0 amide bonds. The Balaban J connectivity index is 3.02. The van der Waals surface area contributed by atoms with Gasteiger partial charge in [0, 0.05) is 6.07 Å². The van der Waals surface area contributed by atoms with Crippen LogP contribution in [-0.2, 0) is 4.74 Å². The van der Waals surface area contributed by atoms with Crippen LogP contribution in [0.5, 0.6) is 11.5 Å². The summed E-state index contributed by atoms with van der Waals surface area (Å²) in [6, 6.07) is 3.16.